The van der Waals surface area contributed by atoms with E-state index in [4.69, 9.17) is 0 Å². The number of nitrogens with zero attached hydrogens (tertiary/aromatic N) is 3. The Labute approximate surface area is 119 Å². The molecule has 1 saturated heterocycles. The largest absolute Gasteiger partial charge is 0.357 e. The Morgan fingerprint density at radius 2 is 2.11 bits per heavy atom. The lowest BCUT2D eigenvalue weighted by atomic mass is 10.1. The topological polar surface area (TPSA) is 41.1 Å². The van der Waals surface area contributed by atoms with Crippen molar-refractivity contribution in [2.24, 2.45) is 0 Å². The third-order valence-corrected chi connectivity index (χ3v) is 4.44. The molecule has 5 heteroatoms. The minimum atomic E-state index is 0.556. The number of rotatable bonds is 5. The molecule has 0 amide bonds. The van der Waals surface area contributed by atoms with Gasteiger partial charge in [0.15, 0.2) is 0 Å². The summed E-state index contributed by atoms with van der Waals surface area (Å²) in [6.07, 6.45) is 5.67. The Balaban J connectivity index is 1.75. The molecule has 0 spiro atoms. The van der Waals surface area contributed by atoms with Crippen LogP contribution in [0.2, 0.25) is 0 Å². The molecule has 0 unspecified atom stereocenters. The van der Waals surface area contributed by atoms with Gasteiger partial charge in [0, 0.05) is 25.7 Å². The molecule has 1 N–H and O–H groups in total. The molecule has 1 aliphatic rings. The first kappa shape index (κ1) is 14.5. The molecular weight excluding hydrogens is 256 g/mol. The molecule has 0 aliphatic carbocycles. The summed E-state index contributed by atoms with van der Waals surface area (Å²) in [6, 6.07) is 0.556. The predicted octanol–water partition coefficient (Wildman–Crippen LogP) is 2.94. The Hall–Kier alpha value is -0.940. The van der Waals surface area contributed by atoms with Crippen molar-refractivity contribution in [1.29, 1.82) is 0 Å². The molecule has 1 aromatic rings. The third kappa shape index (κ3) is 4.58. The van der Waals surface area contributed by atoms with E-state index in [0.717, 1.165) is 23.1 Å². The second-order valence-electron chi connectivity index (χ2n) is 5.36. The molecule has 106 valence electrons. The zero-order valence-corrected chi connectivity index (χ0v) is 13.0. The summed E-state index contributed by atoms with van der Waals surface area (Å²) in [5.41, 5.74) is 1.40. The van der Waals surface area contributed by atoms with Crippen molar-refractivity contribution in [2.45, 2.75) is 46.1 Å². The van der Waals surface area contributed by atoms with E-state index in [1.807, 2.05) is 0 Å². The van der Waals surface area contributed by atoms with Crippen LogP contribution in [0.25, 0.3) is 0 Å². The molecule has 0 atom stereocenters. The summed E-state index contributed by atoms with van der Waals surface area (Å²) >= 11 is 1.69. The fourth-order valence-corrected chi connectivity index (χ4v) is 2.96. The van der Waals surface area contributed by atoms with Gasteiger partial charge >= 0.3 is 0 Å². The van der Waals surface area contributed by atoms with E-state index in [0.29, 0.717) is 6.04 Å². The minimum absolute atomic E-state index is 0.556. The minimum Gasteiger partial charge on any atom is -0.357 e. The van der Waals surface area contributed by atoms with Crippen molar-refractivity contribution in [3.8, 4) is 0 Å². The molecule has 2 heterocycles. The number of aromatic nitrogens is 2. The second-order valence-corrected chi connectivity index (χ2v) is 6.42. The van der Waals surface area contributed by atoms with Gasteiger partial charge in [-0.05, 0) is 33.1 Å². The van der Waals surface area contributed by atoms with Crippen molar-refractivity contribution in [2.75, 3.05) is 25.0 Å². The molecule has 0 aromatic carbocycles. The van der Waals surface area contributed by atoms with E-state index in [2.05, 4.69) is 47.3 Å². The predicted molar refractivity (Wildman–Crippen MR) is 81.8 cm³/mol. The zero-order chi connectivity index (χ0) is 13.7. The maximum atomic E-state index is 4.19. The van der Waals surface area contributed by atoms with Gasteiger partial charge in [0.25, 0.3) is 0 Å². The Kier molecular flexibility index (Phi) is 5.34. The summed E-state index contributed by atoms with van der Waals surface area (Å²) in [4.78, 5) is 2.52. The van der Waals surface area contributed by atoms with Gasteiger partial charge in [0.2, 0.25) is 5.13 Å². The van der Waals surface area contributed by atoms with Crippen LogP contribution in [0.3, 0.4) is 0 Å². The monoisotopic (exact) mass is 280 g/mol. The highest BCUT2D eigenvalue weighted by molar-refractivity contribution is 7.15. The number of anilines is 1. The number of nitrogens with one attached hydrogen (secondary N) is 1. The van der Waals surface area contributed by atoms with E-state index in [-0.39, 0.29) is 0 Å². The Morgan fingerprint density at radius 1 is 1.37 bits per heavy atom. The van der Waals surface area contributed by atoms with Crippen LogP contribution in [0.4, 0.5) is 5.13 Å². The maximum Gasteiger partial charge on any atom is 0.205 e. The van der Waals surface area contributed by atoms with Crippen molar-refractivity contribution >= 4 is 16.5 Å². The second kappa shape index (κ2) is 7.01. The van der Waals surface area contributed by atoms with Gasteiger partial charge in [-0.3, -0.25) is 4.90 Å². The molecule has 4 nitrogen and oxygen atoms in total. The van der Waals surface area contributed by atoms with Crippen LogP contribution in [0.1, 0.15) is 38.6 Å². The van der Waals surface area contributed by atoms with Gasteiger partial charge < -0.3 is 5.32 Å². The fourth-order valence-electron chi connectivity index (χ4n) is 2.20. The van der Waals surface area contributed by atoms with Gasteiger partial charge in [0.1, 0.15) is 5.01 Å². The lowest BCUT2D eigenvalue weighted by molar-refractivity contribution is 0.240. The molecule has 19 heavy (non-hydrogen) atoms. The van der Waals surface area contributed by atoms with E-state index < -0.39 is 0 Å². The summed E-state index contributed by atoms with van der Waals surface area (Å²) in [5.74, 6) is 0. The highest BCUT2D eigenvalue weighted by Crippen LogP contribution is 2.20. The van der Waals surface area contributed by atoms with Gasteiger partial charge in [-0.15, -0.1) is 10.2 Å². The Bertz CT molecular complexity index is 415. The molecule has 1 aromatic heterocycles. The van der Waals surface area contributed by atoms with Gasteiger partial charge in [-0.2, -0.15) is 0 Å². The van der Waals surface area contributed by atoms with Crippen molar-refractivity contribution in [1.82, 2.24) is 15.1 Å². The number of allylic oxidation sites excluding steroid dienone is 1. The molecular formula is C14H24N4S. The van der Waals surface area contributed by atoms with Crippen LogP contribution >= 0.6 is 11.3 Å². The third-order valence-electron chi connectivity index (χ3n) is 3.44. The first-order valence-electron chi connectivity index (χ1n) is 7.12. The highest BCUT2D eigenvalue weighted by atomic mass is 32.1. The van der Waals surface area contributed by atoms with Gasteiger partial charge in [0.05, 0.1) is 0 Å². The normalized spacial score (nSPS) is 17.4. The van der Waals surface area contributed by atoms with E-state index in [1.54, 1.807) is 11.3 Å². The first-order valence-corrected chi connectivity index (χ1v) is 7.93. The van der Waals surface area contributed by atoms with E-state index in [9.17, 15) is 0 Å². The molecule has 0 saturated carbocycles. The van der Waals surface area contributed by atoms with Crippen LogP contribution in [0.5, 0.6) is 0 Å². The van der Waals surface area contributed by atoms with E-state index in [1.165, 1.54) is 31.5 Å². The van der Waals surface area contributed by atoms with Crippen LogP contribution in [0.15, 0.2) is 11.6 Å². The number of hydrogen-bond acceptors (Lipinski definition) is 5. The number of likely N-dealkylation sites (tertiary alicyclic amines) is 1. The van der Waals surface area contributed by atoms with Crippen LogP contribution in [0, 0.1) is 0 Å². The van der Waals surface area contributed by atoms with Crippen LogP contribution in [-0.2, 0) is 6.42 Å². The summed E-state index contributed by atoms with van der Waals surface area (Å²) in [7, 11) is 0. The number of hydrogen-bond donors (Lipinski definition) is 1. The molecule has 0 radical (unpaired) electrons. The average Bonchev–Trinajstić information content (AvgIpc) is 2.85. The fraction of sp³-hybridized carbons (Fsp3) is 0.714. The SMILES string of the molecule is CCc1nnc(NC2CCN(CC=C(C)C)CC2)s1. The van der Waals surface area contributed by atoms with Gasteiger partial charge in [-0.1, -0.05) is 29.9 Å². The summed E-state index contributed by atoms with van der Waals surface area (Å²) in [6.45, 7) is 9.87. The summed E-state index contributed by atoms with van der Waals surface area (Å²) < 4.78 is 0. The molecule has 1 aliphatic heterocycles. The highest BCUT2D eigenvalue weighted by Gasteiger charge is 2.19. The van der Waals surface area contributed by atoms with Crippen molar-refractivity contribution in [3.63, 3.8) is 0 Å². The molecule has 0 bridgehead atoms. The van der Waals surface area contributed by atoms with E-state index >= 15 is 0 Å². The lowest BCUT2D eigenvalue weighted by Gasteiger charge is -2.31. The van der Waals surface area contributed by atoms with Crippen molar-refractivity contribution < 1.29 is 0 Å². The van der Waals surface area contributed by atoms with Crippen molar-refractivity contribution in [3.05, 3.63) is 16.7 Å². The van der Waals surface area contributed by atoms with Crippen LogP contribution < -0.4 is 5.32 Å². The Morgan fingerprint density at radius 3 is 2.68 bits per heavy atom. The lowest BCUT2D eigenvalue weighted by Crippen LogP contribution is -2.39. The smallest absolute Gasteiger partial charge is 0.205 e. The summed E-state index contributed by atoms with van der Waals surface area (Å²) in [5, 5.41) is 14.0. The zero-order valence-electron chi connectivity index (χ0n) is 12.1. The van der Waals surface area contributed by atoms with Gasteiger partial charge in [-0.25, -0.2) is 0 Å². The molecule has 2 rings (SSSR count). The standard InChI is InChI=1S/C14H24N4S/c1-4-13-16-17-14(19-13)15-12-6-9-18(10-7-12)8-5-11(2)3/h5,12H,4,6-10H2,1-3H3,(H,15,17). The first-order chi connectivity index (χ1) is 9.17. The quantitative estimate of drug-likeness (QED) is 0.842. The van der Waals surface area contributed by atoms with Crippen LogP contribution in [-0.4, -0.2) is 40.8 Å². The molecule has 1 fully saturated rings. The number of piperidine rings is 1. The number of aryl methyl sites for hydroxylation is 1. The maximum absolute atomic E-state index is 4.19. The average molecular weight is 280 g/mol.